The summed E-state index contributed by atoms with van der Waals surface area (Å²) in [6.45, 7) is 9.80. The average molecular weight is 443 g/mol. The Labute approximate surface area is 188 Å². The van der Waals surface area contributed by atoms with Crippen LogP contribution < -0.4 is 0 Å². The monoisotopic (exact) mass is 442 g/mol. The molecule has 0 spiro atoms. The van der Waals surface area contributed by atoms with Crippen LogP contribution in [0.3, 0.4) is 0 Å². The molecular formula is C26H44F2O3. The lowest BCUT2D eigenvalue weighted by molar-refractivity contribution is -0.407. The van der Waals surface area contributed by atoms with E-state index in [1.165, 1.54) is 37.8 Å². The van der Waals surface area contributed by atoms with Gasteiger partial charge in [0.05, 0.1) is 12.2 Å². The Bertz CT molecular complexity index is 574. The van der Waals surface area contributed by atoms with E-state index in [1.807, 2.05) is 27.7 Å². The normalized spacial score (nSPS) is 13.4. The first-order valence-corrected chi connectivity index (χ1v) is 12.2. The van der Waals surface area contributed by atoms with Gasteiger partial charge in [0.15, 0.2) is 0 Å². The van der Waals surface area contributed by atoms with Crippen LogP contribution in [0.5, 0.6) is 0 Å². The van der Waals surface area contributed by atoms with Gasteiger partial charge in [-0.25, -0.2) is 8.78 Å². The lowest BCUT2D eigenvalue weighted by Gasteiger charge is -2.38. The Hall–Kier alpha value is -1.04. The molecule has 1 N–H and O–H groups in total. The molecule has 0 amide bonds. The number of unbranched alkanes of at least 4 members (excludes halogenated alkanes) is 6. The van der Waals surface area contributed by atoms with E-state index in [4.69, 9.17) is 9.47 Å². The molecule has 0 saturated heterocycles. The third-order valence-electron chi connectivity index (χ3n) is 5.42. The van der Waals surface area contributed by atoms with Gasteiger partial charge in [-0.2, -0.15) is 0 Å². The van der Waals surface area contributed by atoms with Gasteiger partial charge in [-0.15, -0.1) is 0 Å². The molecule has 3 nitrogen and oxygen atoms in total. The minimum atomic E-state index is -1.61. The molecular weight excluding hydrogens is 398 g/mol. The van der Waals surface area contributed by atoms with Crippen molar-refractivity contribution in [2.75, 3.05) is 0 Å². The van der Waals surface area contributed by atoms with Crippen LogP contribution in [0.15, 0.2) is 18.2 Å². The number of hydrogen-bond acceptors (Lipinski definition) is 3. The highest BCUT2D eigenvalue weighted by Crippen LogP contribution is 2.33. The van der Waals surface area contributed by atoms with Crippen LogP contribution >= 0.6 is 0 Å². The van der Waals surface area contributed by atoms with Gasteiger partial charge < -0.3 is 14.6 Å². The van der Waals surface area contributed by atoms with Crippen molar-refractivity contribution < 1.29 is 23.4 Å². The van der Waals surface area contributed by atoms with Crippen molar-refractivity contribution in [1.82, 2.24) is 0 Å². The second kappa shape index (κ2) is 14.9. The molecule has 1 unspecified atom stereocenters. The molecule has 0 aliphatic heterocycles. The Kier molecular flexibility index (Phi) is 13.5. The summed E-state index contributed by atoms with van der Waals surface area (Å²) in [5.41, 5.74) is 0.664. The molecule has 1 atom stereocenters. The maximum absolute atomic E-state index is 13.4. The summed E-state index contributed by atoms with van der Waals surface area (Å²) in [6.07, 6.45) is 10.6. The highest BCUT2D eigenvalue weighted by molar-refractivity contribution is 5.17. The van der Waals surface area contributed by atoms with E-state index in [0.29, 0.717) is 12.0 Å². The van der Waals surface area contributed by atoms with Crippen LogP contribution in [-0.4, -0.2) is 23.3 Å². The summed E-state index contributed by atoms with van der Waals surface area (Å²) in [7, 11) is 0. The number of aliphatic hydroxyl groups is 1. The van der Waals surface area contributed by atoms with Crippen LogP contribution in [0.1, 0.15) is 104 Å². The molecule has 1 aromatic carbocycles. The van der Waals surface area contributed by atoms with Crippen molar-refractivity contribution in [1.29, 1.82) is 0 Å². The third-order valence-corrected chi connectivity index (χ3v) is 5.42. The summed E-state index contributed by atoms with van der Waals surface area (Å²) >= 11 is 0. The SMILES string of the molecule is CCCCCCCCC(CCCCc1cc(F)cc(F)c1)C(O)(OC(C)C)OC(C)C. The van der Waals surface area contributed by atoms with Crippen molar-refractivity contribution in [3.8, 4) is 0 Å². The largest absolute Gasteiger partial charge is 0.343 e. The standard InChI is InChI=1S/C26H44F2O3/c1-6-7-8-9-10-11-15-23(26(29,30-20(2)3)31-21(4)5)16-13-12-14-22-17-24(27)19-25(28)18-22/h17-21,23,29H,6-16H2,1-5H3. The van der Waals surface area contributed by atoms with Gasteiger partial charge >= 0.3 is 0 Å². The van der Waals surface area contributed by atoms with Gasteiger partial charge in [0.2, 0.25) is 0 Å². The minimum absolute atomic E-state index is 0.146. The zero-order chi connectivity index (χ0) is 23.3. The van der Waals surface area contributed by atoms with E-state index in [1.54, 1.807) is 0 Å². The van der Waals surface area contributed by atoms with E-state index in [2.05, 4.69) is 6.92 Å². The predicted molar refractivity (Wildman–Crippen MR) is 123 cm³/mol. The second-order valence-electron chi connectivity index (χ2n) is 9.24. The highest BCUT2D eigenvalue weighted by atomic mass is 19.1. The molecule has 0 radical (unpaired) electrons. The van der Waals surface area contributed by atoms with Gasteiger partial charge in [-0.1, -0.05) is 51.9 Å². The number of hydrogen-bond donors (Lipinski definition) is 1. The van der Waals surface area contributed by atoms with E-state index in [9.17, 15) is 13.9 Å². The fourth-order valence-electron chi connectivity index (χ4n) is 4.05. The first kappa shape index (κ1) is 28.0. The number of halogens is 2. The number of aryl methyl sites for hydroxylation is 1. The molecule has 0 heterocycles. The summed E-state index contributed by atoms with van der Waals surface area (Å²) in [5, 5.41) is 11.3. The molecule has 31 heavy (non-hydrogen) atoms. The Morgan fingerprint density at radius 3 is 1.77 bits per heavy atom. The number of ether oxygens (including phenoxy) is 2. The lowest BCUT2D eigenvalue weighted by Crippen LogP contribution is -2.47. The fourth-order valence-corrected chi connectivity index (χ4v) is 4.05. The molecule has 1 aromatic rings. The number of rotatable bonds is 17. The zero-order valence-electron chi connectivity index (χ0n) is 20.3. The quantitative estimate of drug-likeness (QED) is 0.200. The molecule has 0 aromatic heterocycles. The number of benzene rings is 1. The second-order valence-corrected chi connectivity index (χ2v) is 9.24. The minimum Gasteiger partial charge on any atom is -0.343 e. The zero-order valence-corrected chi connectivity index (χ0v) is 20.3. The molecule has 180 valence electrons. The average Bonchev–Trinajstić information content (AvgIpc) is 2.63. The van der Waals surface area contributed by atoms with Gasteiger partial charge in [-0.05, 0) is 71.1 Å². The molecule has 0 saturated carbocycles. The topological polar surface area (TPSA) is 38.7 Å². The van der Waals surface area contributed by atoms with Crippen LogP contribution in [0.2, 0.25) is 0 Å². The van der Waals surface area contributed by atoms with Crippen LogP contribution in [-0.2, 0) is 15.9 Å². The van der Waals surface area contributed by atoms with Crippen molar-refractivity contribution in [2.24, 2.45) is 5.92 Å². The summed E-state index contributed by atoms with van der Waals surface area (Å²) in [4.78, 5) is 0. The predicted octanol–water partition coefficient (Wildman–Crippen LogP) is 7.54. The van der Waals surface area contributed by atoms with Crippen molar-refractivity contribution >= 4 is 0 Å². The van der Waals surface area contributed by atoms with E-state index >= 15 is 0 Å². The first-order valence-electron chi connectivity index (χ1n) is 12.2. The Morgan fingerprint density at radius 2 is 1.26 bits per heavy atom. The summed E-state index contributed by atoms with van der Waals surface area (Å²) in [5.74, 6) is -2.84. The van der Waals surface area contributed by atoms with Gasteiger partial charge in [0, 0.05) is 12.0 Å². The third kappa shape index (κ3) is 12.0. The summed E-state index contributed by atoms with van der Waals surface area (Å²) in [6, 6.07) is 3.67. The van der Waals surface area contributed by atoms with Crippen LogP contribution in [0, 0.1) is 17.6 Å². The molecule has 0 bridgehead atoms. The molecule has 0 fully saturated rings. The maximum Gasteiger partial charge on any atom is 0.283 e. The smallest absolute Gasteiger partial charge is 0.283 e. The van der Waals surface area contributed by atoms with E-state index in [0.717, 1.165) is 44.6 Å². The van der Waals surface area contributed by atoms with Crippen molar-refractivity contribution in [2.45, 2.75) is 123 Å². The Morgan fingerprint density at radius 1 is 0.774 bits per heavy atom. The Balaban J connectivity index is 2.70. The lowest BCUT2D eigenvalue weighted by atomic mass is 9.91. The first-order chi connectivity index (χ1) is 14.7. The fraction of sp³-hybridized carbons (Fsp3) is 0.769. The van der Waals surface area contributed by atoms with E-state index < -0.39 is 17.6 Å². The highest BCUT2D eigenvalue weighted by Gasteiger charge is 2.40. The van der Waals surface area contributed by atoms with Crippen molar-refractivity contribution in [3.63, 3.8) is 0 Å². The molecule has 0 aliphatic carbocycles. The maximum atomic E-state index is 13.4. The van der Waals surface area contributed by atoms with Crippen molar-refractivity contribution in [3.05, 3.63) is 35.4 Å². The molecule has 0 aliphatic rings. The van der Waals surface area contributed by atoms with Crippen LogP contribution in [0.25, 0.3) is 0 Å². The van der Waals surface area contributed by atoms with Crippen LogP contribution in [0.4, 0.5) is 8.78 Å². The van der Waals surface area contributed by atoms with Gasteiger partial charge in [0.25, 0.3) is 5.97 Å². The van der Waals surface area contributed by atoms with Gasteiger partial charge in [-0.3, -0.25) is 0 Å². The van der Waals surface area contributed by atoms with Gasteiger partial charge in [0.1, 0.15) is 11.6 Å². The molecule has 5 heteroatoms. The molecule has 1 rings (SSSR count). The summed E-state index contributed by atoms with van der Waals surface area (Å²) < 4.78 is 38.6. The van der Waals surface area contributed by atoms with E-state index in [-0.39, 0.29) is 18.1 Å².